The first-order chi connectivity index (χ1) is 10.7. The molecule has 4 N–H and O–H groups in total. The summed E-state index contributed by atoms with van der Waals surface area (Å²) in [6, 6.07) is 5.59. The number of hydrogen-bond acceptors (Lipinski definition) is 4. The minimum absolute atomic E-state index is 0. The molecule has 0 radical (unpaired) electrons. The number of nitrogens with two attached hydrogens (primary N) is 1. The third-order valence-electron chi connectivity index (χ3n) is 3.19. The van der Waals surface area contributed by atoms with E-state index in [1.54, 1.807) is 13.8 Å². The molecule has 0 aromatic heterocycles. The van der Waals surface area contributed by atoms with Crippen LogP contribution >= 0.6 is 12.4 Å². The Hall–Kier alpha value is -1.15. The van der Waals surface area contributed by atoms with Crippen molar-refractivity contribution in [2.75, 3.05) is 6.54 Å². The van der Waals surface area contributed by atoms with E-state index in [1.165, 1.54) is 24.3 Å². The summed E-state index contributed by atoms with van der Waals surface area (Å²) in [6.45, 7) is 8.00. The number of amides is 1. The molecule has 0 saturated heterocycles. The van der Waals surface area contributed by atoms with Crippen LogP contribution in [0, 0.1) is 5.92 Å². The Morgan fingerprint density at radius 1 is 1.12 bits per heavy atom. The van der Waals surface area contributed by atoms with E-state index in [1.807, 2.05) is 0 Å². The van der Waals surface area contributed by atoms with Gasteiger partial charge in [-0.15, -0.1) is 12.4 Å². The van der Waals surface area contributed by atoms with Gasteiger partial charge in [0.25, 0.3) is 5.91 Å². The molecule has 0 fully saturated rings. The van der Waals surface area contributed by atoms with Gasteiger partial charge in [-0.25, -0.2) is 13.1 Å². The molecular weight excluding hydrogens is 350 g/mol. The maximum atomic E-state index is 12.2. The average molecular weight is 378 g/mol. The van der Waals surface area contributed by atoms with Crippen molar-refractivity contribution in [1.82, 2.24) is 10.0 Å². The summed E-state index contributed by atoms with van der Waals surface area (Å²) >= 11 is 0. The third-order valence-corrected chi connectivity index (χ3v) is 4.87. The molecule has 0 heterocycles. The lowest BCUT2D eigenvalue weighted by Crippen LogP contribution is -2.41. The molecule has 0 bridgehead atoms. The lowest BCUT2D eigenvalue weighted by atomic mass is 10.0. The highest BCUT2D eigenvalue weighted by molar-refractivity contribution is 7.89. The second kappa shape index (κ2) is 9.98. The Morgan fingerprint density at radius 2 is 1.67 bits per heavy atom. The van der Waals surface area contributed by atoms with E-state index in [2.05, 4.69) is 23.9 Å². The monoisotopic (exact) mass is 377 g/mol. The number of sulfonamides is 1. The molecule has 1 atom stereocenters. The molecule has 138 valence electrons. The quantitative estimate of drug-likeness (QED) is 0.643. The zero-order chi connectivity index (χ0) is 17.6. The second-order valence-corrected chi connectivity index (χ2v) is 8.05. The molecular formula is C16H28ClN3O3S. The van der Waals surface area contributed by atoms with Crippen molar-refractivity contribution < 1.29 is 13.2 Å². The van der Waals surface area contributed by atoms with E-state index in [0.29, 0.717) is 18.0 Å². The van der Waals surface area contributed by atoms with Crippen molar-refractivity contribution in [2.24, 2.45) is 11.7 Å². The van der Waals surface area contributed by atoms with Crippen molar-refractivity contribution in [3.8, 4) is 0 Å². The van der Waals surface area contributed by atoms with Gasteiger partial charge in [-0.1, -0.05) is 13.8 Å². The van der Waals surface area contributed by atoms with Crippen LogP contribution in [0.3, 0.4) is 0 Å². The molecule has 0 aliphatic rings. The zero-order valence-electron chi connectivity index (χ0n) is 14.6. The lowest BCUT2D eigenvalue weighted by molar-refractivity contribution is 0.0933. The van der Waals surface area contributed by atoms with Crippen LogP contribution < -0.4 is 15.8 Å². The van der Waals surface area contributed by atoms with Crippen LogP contribution in [-0.2, 0) is 10.0 Å². The van der Waals surface area contributed by atoms with E-state index in [-0.39, 0.29) is 35.3 Å². The highest BCUT2D eigenvalue weighted by Crippen LogP contribution is 2.12. The van der Waals surface area contributed by atoms with E-state index in [0.717, 1.165) is 6.42 Å². The zero-order valence-corrected chi connectivity index (χ0v) is 16.2. The van der Waals surface area contributed by atoms with Gasteiger partial charge in [-0.2, -0.15) is 0 Å². The number of nitrogens with one attached hydrogen (secondary N) is 2. The van der Waals surface area contributed by atoms with Crippen LogP contribution in [0.15, 0.2) is 29.2 Å². The Morgan fingerprint density at radius 3 is 2.08 bits per heavy atom. The first-order valence-corrected chi connectivity index (χ1v) is 9.27. The highest BCUT2D eigenvalue weighted by atomic mass is 35.5. The average Bonchev–Trinajstić information content (AvgIpc) is 2.44. The van der Waals surface area contributed by atoms with E-state index in [4.69, 9.17) is 5.73 Å². The number of halogens is 1. The summed E-state index contributed by atoms with van der Waals surface area (Å²) in [7, 11) is -3.55. The molecule has 6 nitrogen and oxygen atoms in total. The van der Waals surface area contributed by atoms with E-state index < -0.39 is 10.0 Å². The first-order valence-electron chi connectivity index (χ1n) is 7.79. The molecule has 1 aromatic rings. The number of benzene rings is 1. The van der Waals surface area contributed by atoms with Crippen LogP contribution in [0.1, 0.15) is 44.5 Å². The Bertz CT molecular complexity index is 616. The SMILES string of the molecule is CC(C)CC(CN)NC(=O)c1ccc(S(=O)(=O)NC(C)C)cc1.Cl. The molecule has 8 heteroatoms. The third kappa shape index (κ3) is 7.17. The van der Waals surface area contributed by atoms with Gasteiger partial charge in [0.05, 0.1) is 4.90 Å². The lowest BCUT2D eigenvalue weighted by Gasteiger charge is -2.19. The summed E-state index contributed by atoms with van der Waals surface area (Å²) in [5, 5.41) is 2.88. The van der Waals surface area contributed by atoms with Crippen LogP contribution in [0.25, 0.3) is 0 Å². The molecule has 1 unspecified atom stereocenters. The summed E-state index contributed by atoms with van der Waals surface area (Å²) < 4.78 is 26.6. The van der Waals surface area contributed by atoms with Gasteiger partial charge in [-0.3, -0.25) is 4.79 Å². The maximum absolute atomic E-state index is 12.2. The molecule has 0 aliphatic carbocycles. The summed E-state index contributed by atoms with van der Waals surface area (Å²) in [5.74, 6) is 0.181. The summed E-state index contributed by atoms with van der Waals surface area (Å²) in [6.07, 6.45) is 0.799. The Kier molecular flexibility index (Phi) is 9.50. The minimum Gasteiger partial charge on any atom is -0.348 e. The van der Waals surface area contributed by atoms with Gasteiger partial charge in [0.1, 0.15) is 0 Å². The Labute approximate surface area is 151 Å². The Balaban J connectivity index is 0.00000529. The fraction of sp³-hybridized carbons (Fsp3) is 0.562. The summed E-state index contributed by atoms with van der Waals surface area (Å²) in [5.41, 5.74) is 6.09. The minimum atomic E-state index is -3.55. The van der Waals surface area contributed by atoms with E-state index in [9.17, 15) is 13.2 Å². The van der Waals surface area contributed by atoms with Crippen LogP contribution in [0.5, 0.6) is 0 Å². The highest BCUT2D eigenvalue weighted by Gasteiger charge is 2.17. The number of carbonyl (C=O) groups is 1. The molecule has 24 heavy (non-hydrogen) atoms. The van der Waals surface area contributed by atoms with Gasteiger partial charge in [-0.05, 0) is 50.5 Å². The number of hydrogen-bond donors (Lipinski definition) is 3. The van der Waals surface area contributed by atoms with Crippen LogP contribution in [0.2, 0.25) is 0 Å². The molecule has 1 amide bonds. The predicted molar refractivity (Wildman–Crippen MR) is 98.9 cm³/mol. The topological polar surface area (TPSA) is 101 Å². The fourth-order valence-electron chi connectivity index (χ4n) is 2.22. The van der Waals surface area contributed by atoms with Gasteiger partial charge < -0.3 is 11.1 Å². The van der Waals surface area contributed by atoms with Crippen LogP contribution in [0.4, 0.5) is 0 Å². The van der Waals surface area contributed by atoms with Crippen molar-refractivity contribution in [2.45, 2.75) is 51.1 Å². The standard InChI is InChI=1S/C16H27N3O3S.ClH/c1-11(2)9-14(10-17)18-16(20)13-5-7-15(8-6-13)23(21,22)19-12(3)4;/h5-8,11-12,14,19H,9-10,17H2,1-4H3,(H,18,20);1H. The predicted octanol–water partition coefficient (Wildman–Crippen LogP) is 1.90. The molecule has 1 aromatic carbocycles. The maximum Gasteiger partial charge on any atom is 0.251 e. The molecule has 1 rings (SSSR count). The van der Waals surface area contributed by atoms with Gasteiger partial charge in [0, 0.05) is 24.2 Å². The smallest absolute Gasteiger partial charge is 0.251 e. The molecule has 0 spiro atoms. The van der Waals surface area contributed by atoms with Crippen molar-refractivity contribution in [1.29, 1.82) is 0 Å². The first kappa shape index (κ1) is 22.9. The summed E-state index contributed by atoms with van der Waals surface area (Å²) in [4.78, 5) is 12.3. The van der Waals surface area contributed by atoms with Crippen molar-refractivity contribution >= 4 is 28.3 Å². The number of rotatable bonds is 8. The van der Waals surface area contributed by atoms with E-state index >= 15 is 0 Å². The second-order valence-electron chi connectivity index (χ2n) is 6.34. The van der Waals surface area contributed by atoms with Crippen molar-refractivity contribution in [3.05, 3.63) is 29.8 Å². The van der Waals surface area contributed by atoms with Gasteiger partial charge in [0.2, 0.25) is 10.0 Å². The van der Waals surface area contributed by atoms with Gasteiger partial charge in [0.15, 0.2) is 0 Å². The normalized spacial score (nSPS) is 12.8. The largest absolute Gasteiger partial charge is 0.348 e. The number of carbonyl (C=O) groups excluding carboxylic acids is 1. The van der Waals surface area contributed by atoms with Crippen LogP contribution in [-0.4, -0.2) is 33.0 Å². The van der Waals surface area contributed by atoms with Crippen molar-refractivity contribution in [3.63, 3.8) is 0 Å². The fourth-order valence-corrected chi connectivity index (χ4v) is 3.47. The molecule has 0 saturated carbocycles. The van der Waals surface area contributed by atoms with Gasteiger partial charge >= 0.3 is 0 Å². The molecule has 0 aliphatic heterocycles.